The summed E-state index contributed by atoms with van der Waals surface area (Å²) in [6.07, 6.45) is 3.59. The third kappa shape index (κ3) is 3.82. The average Bonchev–Trinajstić information content (AvgIpc) is 2.73. The summed E-state index contributed by atoms with van der Waals surface area (Å²) in [6.45, 7) is 7.03. The summed E-state index contributed by atoms with van der Waals surface area (Å²) in [5, 5.41) is 12.6. The van der Waals surface area contributed by atoms with Crippen LogP contribution < -0.4 is 4.90 Å². The number of anilines is 1. The van der Waals surface area contributed by atoms with Gasteiger partial charge in [0, 0.05) is 67.5 Å². The quantitative estimate of drug-likeness (QED) is 0.377. The first-order chi connectivity index (χ1) is 15.4. The minimum atomic E-state index is -0.999. The minimum absolute atomic E-state index is 0.0965. The molecule has 0 aliphatic carbocycles. The van der Waals surface area contributed by atoms with Gasteiger partial charge in [-0.1, -0.05) is 11.2 Å². The maximum Gasteiger partial charge on any atom is 0.159 e. The van der Waals surface area contributed by atoms with Gasteiger partial charge in [0.15, 0.2) is 11.6 Å². The summed E-state index contributed by atoms with van der Waals surface area (Å²) in [5.41, 5.74) is 4.44. The number of hydrogen-bond acceptors (Lipinski definition) is 6. The Hall–Kier alpha value is -3.39. The van der Waals surface area contributed by atoms with E-state index in [0.717, 1.165) is 56.1 Å². The summed E-state index contributed by atoms with van der Waals surface area (Å²) in [4.78, 5) is 13.4. The van der Waals surface area contributed by atoms with E-state index in [-0.39, 0.29) is 11.3 Å². The number of hydrogen-bond donors (Lipinski definition) is 1. The molecule has 2 aromatic heterocycles. The maximum absolute atomic E-state index is 13.5. The average molecular weight is 435 g/mol. The summed E-state index contributed by atoms with van der Waals surface area (Å²) in [6, 6.07) is 11.2. The van der Waals surface area contributed by atoms with Crippen LogP contribution in [0.25, 0.3) is 0 Å². The second-order valence-corrected chi connectivity index (χ2v) is 8.79. The molecule has 2 aliphatic heterocycles. The normalized spacial score (nSPS) is 17.8. The van der Waals surface area contributed by atoms with Gasteiger partial charge in [-0.3, -0.25) is 14.9 Å². The zero-order valence-corrected chi connectivity index (χ0v) is 17.7. The van der Waals surface area contributed by atoms with Crippen LogP contribution in [0, 0.1) is 24.0 Å². The van der Waals surface area contributed by atoms with Crippen molar-refractivity contribution in [1.82, 2.24) is 14.9 Å². The smallest absolute Gasteiger partial charge is 0.159 e. The highest BCUT2D eigenvalue weighted by molar-refractivity contribution is 6.11. The number of aryl methyl sites for hydroxylation is 1. The number of nitrogens with zero attached hydrogens (tertiary/aromatic N) is 5. The standard InChI is InChI=1S/C24H23F2N5O/c1-16-8-19(6-7-27-16)31-14-24(15-31)12-30(13-24)11-17-2-5-22(28-10-17)23(29-32)18-3-4-20(25)21(26)9-18/h2-10,32H,11-15H2,1H3/b29-23+. The molecule has 3 aromatic rings. The van der Waals surface area contributed by atoms with Crippen molar-refractivity contribution in [2.75, 3.05) is 31.1 Å². The number of halogens is 2. The van der Waals surface area contributed by atoms with Gasteiger partial charge in [0.2, 0.25) is 0 Å². The Labute approximate surface area is 184 Å². The molecule has 0 atom stereocenters. The first-order valence-electron chi connectivity index (χ1n) is 10.5. The van der Waals surface area contributed by atoms with Gasteiger partial charge in [0.25, 0.3) is 0 Å². The second-order valence-electron chi connectivity index (χ2n) is 8.79. The van der Waals surface area contributed by atoms with Gasteiger partial charge < -0.3 is 10.1 Å². The van der Waals surface area contributed by atoms with E-state index in [1.54, 1.807) is 12.3 Å². The summed E-state index contributed by atoms with van der Waals surface area (Å²) in [5.74, 6) is -1.95. The maximum atomic E-state index is 13.5. The predicted molar refractivity (Wildman–Crippen MR) is 117 cm³/mol. The van der Waals surface area contributed by atoms with Crippen molar-refractivity contribution in [3.8, 4) is 0 Å². The lowest BCUT2D eigenvalue weighted by atomic mass is 9.72. The second kappa shape index (κ2) is 7.94. The van der Waals surface area contributed by atoms with Gasteiger partial charge in [-0.05, 0) is 48.9 Å². The Morgan fingerprint density at radius 1 is 1.03 bits per heavy atom. The Kier molecular flexibility index (Phi) is 5.09. The fourth-order valence-electron chi connectivity index (χ4n) is 4.70. The summed E-state index contributed by atoms with van der Waals surface area (Å²) in [7, 11) is 0. The van der Waals surface area contributed by atoms with Crippen molar-refractivity contribution >= 4 is 11.4 Å². The van der Waals surface area contributed by atoms with Crippen molar-refractivity contribution < 1.29 is 14.0 Å². The topological polar surface area (TPSA) is 64.8 Å². The Bertz CT molecular complexity index is 1170. The molecule has 6 nitrogen and oxygen atoms in total. The molecule has 0 radical (unpaired) electrons. The molecule has 0 bridgehead atoms. The van der Waals surface area contributed by atoms with Crippen LogP contribution in [0.4, 0.5) is 14.5 Å². The van der Waals surface area contributed by atoms with E-state index in [2.05, 4.69) is 37.1 Å². The van der Waals surface area contributed by atoms with E-state index >= 15 is 0 Å². The van der Waals surface area contributed by atoms with Crippen LogP contribution >= 0.6 is 0 Å². The molecule has 8 heteroatoms. The van der Waals surface area contributed by atoms with Crippen molar-refractivity contribution in [2.24, 2.45) is 10.6 Å². The lowest BCUT2D eigenvalue weighted by molar-refractivity contribution is -0.0273. The number of rotatable bonds is 5. The Morgan fingerprint density at radius 2 is 1.84 bits per heavy atom. The van der Waals surface area contributed by atoms with Crippen molar-refractivity contribution in [3.63, 3.8) is 0 Å². The van der Waals surface area contributed by atoms with Crippen molar-refractivity contribution in [2.45, 2.75) is 13.5 Å². The van der Waals surface area contributed by atoms with Crippen LogP contribution in [0.2, 0.25) is 0 Å². The molecule has 2 saturated heterocycles. The predicted octanol–water partition coefficient (Wildman–Crippen LogP) is 3.61. The van der Waals surface area contributed by atoms with Crippen LogP contribution in [-0.4, -0.2) is 52.0 Å². The summed E-state index contributed by atoms with van der Waals surface area (Å²) < 4.78 is 26.7. The molecule has 1 N–H and O–H groups in total. The molecule has 1 spiro atoms. The molecule has 2 fully saturated rings. The fraction of sp³-hybridized carbons (Fsp3) is 0.292. The first-order valence-corrected chi connectivity index (χ1v) is 10.5. The monoisotopic (exact) mass is 435 g/mol. The highest BCUT2D eigenvalue weighted by Gasteiger charge is 2.51. The summed E-state index contributed by atoms with van der Waals surface area (Å²) >= 11 is 0. The van der Waals surface area contributed by atoms with Gasteiger partial charge >= 0.3 is 0 Å². The van der Waals surface area contributed by atoms with E-state index in [0.29, 0.717) is 11.1 Å². The van der Waals surface area contributed by atoms with E-state index in [1.165, 1.54) is 11.8 Å². The molecule has 0 saturated carbocycles. The SMILES string of the molecule is Cc1cc(N2CC3(CN(Cc4ccc(/C(=N/O)c5ccc(F)c(F)c5)nc4)C3)C2)ccn1. The van der Waals surface area contributed by atoms with E-state index in [4.69, 9.17) is 0 Å². The molecule has 2 aliphatic rings. The van der Waals surface area contributed by atoms with Crippen LogP contribution in [0.3, 0.4) is 0 Å². The molecule has 0 amide bonds. The number of benzene rings is 1. The van der Waals surface area contributed by atoms with E-state index < -0.39 is 11.6 Å². The molecule has 5 rings (SSSR count). The molecule has 4 heterocycles. The number of oxime groups is 1. The highest BCUT2D eigenvalue weighted by atomic mass is 19.2. The Balaban J connectivity index is 1.17. The molecule has 32 heavy (non-hydrogen) atoms. The zero-order chi connectivity index (χ0) is 22.3. The molecule has 1 aromatic carbocycles. The first kappa shape index (κ1) is 20.5. The van der Waals surface area contributed by atoms with Gasteiger partial charge in [-0.15, -0.1) is 0 Å². The number of aromatic nitrogens is 2. The highest BCUT2D eigenvalue weighted by Crippen LogP contribution is 2.42. The third-order valence-corrected chi connectivity index (χ3v) is 6.18. The minimum Gasteiger partial charge on any atom is -0.410 e. The molecule has 164 valence electrons. The molecule has 0 unspecified atom stereocenters. The fourth-order valence-corrected chi connectivity index (χ4v) is 4.70. The largest absolute Gasteiger partial charge is 0.410 e. The van der Waals surface area contributed by atoms with Crippen molar-refractivity contribution in [1.29, 1.82) is 0 Å². The van der Waals surface area contributed by atoms with Gasteiger partial charge in [0.05, 0.1) is 5.69 Å². The lowest BCUT2D eigenvalue weighted by Gasteiger charge is -2.61. The van der Waals surface area contributed by atoms with Crippen LogP contribution in [0.1, 0.15) is 22.5 Å². The third-order valence-electron chi connectivity index (χ3n) is 6.18. The van der Waals surface area contributed by atoms with Crippen molar-refractivity contribution in [3.05, 3.63) is 89.0 Å². The molecular weight excluding hydrogens is 412 g/mol. The number of likely N-dealkylation sites (tertiary alicyclic amines) is 1. The lowest BCUT2D eigenvalue weighted by Crippen LogP contribution is -2.71. The van der Waals surface area contributed by atoms with E-state index in [9.17, 15) is 14.0 Å². The van der Waals surface area contributed by atoms with Crippen LogP contribution in [0.15, 0.2) is 60.0 Å². The van der Waals surface area contributed by atoms with Crippen LogP contribution in [-0.2, 0) is 6.54 Å². The molecular formula is C24H23F2N5O. The van der Waals surface area contributed by atoms with Crippen LogP contribution in [0.5, 0.6) is 0 Å². The zero-order valence-electron chi connectivity index (χ0n) is 17.7. The Morgan fingerprint density at radius 3 is 2.50 bits per heavy atom. The number of pyridine rings is 2. The van der Waals surface area contributed by atoms with Gasteiger partial charge in [-0.25, -0.2) is 8.78 Å². The van der Waals surface area contributed by atoms with E-state index in [1.807, 2.05) is 19.2 Å². The van der Waals surface area contributed by atoms with Gasteiger partial charge in [-0.2, -0.15) is 0 Å². The van der Waals surface area contributed by atoms with Gasteiger partial charge in [0.1, 0.15) is 5.71 Å².